The number of rotatable bonds is 5. The van der Waals surface area contributed by atoms with E-state index < -0.39 is 0 Å². The van der Waals surface area contributed by atoms with Crippen molar-refractivity contribution in [3.63, 3.8) is 0 Å². The molecule has 1 fully saturated rings. The van der Waals surface area contributed by atoms with E-state index in [0.29, 0.717) is 34.0 Å². The SMILES string of the molecule is Cn1cc(-c2nc3c(-c4ccc(CNC(=O)C5CCC(C(C)(C)C)CC5)c(F)c4)ccnc3[nH]2)cn1. The highest BCUT2D eigenvalue weighted by Crippen LogP contribution is 2.40. The van der Waals surface area contributed by atoms with E-state index in [4.69, 9.17) is 4.98 Å². The zero-order valence-electron chi connectivity index (χ0n) is 21.3. The fourth-order valence-electron chi connectivity index (χ4n) is 5.23. The van der Waals surface area contributed by atoms with E-state index in [-0.39, 0.29) is 29.6 Å². The Labute approximate surface area is 210 Å². The lowest BCUT2D eigenvalue weighted by Gasteiger charge is -2.36. The molecule has 3 aromatic heterocycles. The van der Waals surface area contributed by atoms with Gasteiger partial charge < -0.3 is 10.3 Å². The molecule has 3 heterocycles. The largest absolute Gasteiger partial charge is 0.352 e. The molecule has 1 amide bonds. The van der Waals surface area contributed by atoms with Gasteiger partial charge in [-0.1, -0.05) is 32.9 Å². The molecular weight excluding hydrogens is 455 g/mol. The summed E-state index contributed by atoms with van der Waals surface area (Å²) in [6.45, 7) is 7.00. The first-order valence-electron chi connectivity index (χ1n) is 12.6. The zero-order valence-corrected chi connectivity index (χ0v) is 21.3. The molecule has 8 heteroatoms. The molecule has 4 aromatic rings. The third kappa shape index (κ3) is 4.90. The Hall–Kier alpha value is -3.55. The van der Waals surface area contributed by atoms with Crippen molar-refractivity contribution >= 4 is 17.1 Å². The summed E-state index contributed by atoms with van der Waals surface area (Å²) in [5.41, 5.74) is 4.40. The van der Waals surface area contributed by atoms with Crippen LogP contribution in [0.25, 0.3) is 33.7 Å². The normalized spacial score (nSPS) is 18.5. The predicted octanol–water partition coefficient (Wildman–Crippen LogP) is 5.63. The average molecular weight is 489 g/mol. The molecule has 0 radical (unpaired) electrons. The van der Waals surface area contributed by atoms with E-state index in [1.165, 1.54) is 6.07 Å². The maximum absolute atomic E-state index is 15.1. The number of hydrogen-bond acceptors (Lipinski definition) is 4. The van der Waals surface area contributed by atoms with Crippen LogP contribution >= 0.6 is 0 Å². The van der Waals surface area contributed by atoms with Gasteiger partial charge in [0.15, 0.2) is 5.65 Å². The highest BCUT2D eigenvalue weighted by atomic mass is 19.1. The molecule has 0 atom stereocenters. The van der Waals surface area contributed by atoms with E-state index in [9.17, 15) is 4.79 Å². The predicted molar refractivity (Wildman–Crippen MR) is 138 cm³/mol. The fourth-order valence-corrected chi connectivity index (χ4v) is 5.23. The van der Waals surface area contributed by atoms with Crippen LogP contribution in [-0.4, -0.2) is 30.6 Å². The number of nitrogens with one attached hydrogen (secondary N) is 2. The van der Waals surface area contributed by atoms with Crippen LogP contribution in [0.4, 0.5) is 4.39 Å². The van der Waals surface area contributed by atoms with Gasteiger partial charge >= 0.3 is 0 Å². The summed E-state index contributed by atoms with van der Waals surface area (Å²) in [5.74, 6) is 1.01. The third-order valence-electron chi connectivity index (χ3n) is 7.50. The van der Waals surface area contributed by atoms with Gasteiger partial charge in [0.05, 0.1) is 11.8 Å². The number of carbonyl (C=O) groups excluding carboxylic acids is 1. The number of imidazole rings is 1. The molecule has 0 spiro atoms. The molecule has 36 heavy (non-hydrogen) atoms. The first-order valence-corrected chi connectivity index (χ1v) is 12.6. The third-order valence-corrected chi connectivity index (χ3v) is 7.50. The Bertz CT molecular complexity index is 1390. The lowest BCUT2D eigenvalue weighted by atomic mass is 9.69. The van der Waals surface area contributed by atoms with Crippen molar-refractivity contribution in [1.29, 1.82) is 0 Å². The molecule has 1 saturated carbocycles. The molecule has 0 unspecified atom stereocenters. The molecule has 0 bridgehead atoms. The number of carbonyl (C=O) groups is 1. The summed E-state index contributed by atoms with van der Waals surface area (Å²) in [4.78, 5) is 25.0. The van der Waals surface area contributed by atoms with Crippen LogP contribution in [0.1, 0.15) is 52.0 Å². The van der Waals surface area contributed by atoms with Gasteiger partial charge in [0.2, 0.25) is 5.91 Å². The van der Waals surface area contributed by atoms with E-state index in [0.717, 1.165) is 36.8 Å². The van der Waals surface area contributed by atoms with Crippen molar-refractivity contribution in [3.8, 4) is 22.5 Å². The second-order valence-electron chi connectivity index (χ2n) is 11.0. The lowest BCUT2D eigenvalue weighted by Crippen LogP contribution is -2.35. The maximum atomic E-state index is 15.1. The Morgan fingerprint density at radius 3 is 2.61 bits per heavy atom. The van der Waals surface area contributed by atoms with Gasteiger partial charge in [0.25, 0.3) is 0 Å². The molecule has 1 aliphatic carbocycles. The molecule has 0 aliphatic heterocycles. The van der Waals surface area contributed by atoms with E-state index in [2.05, 4.69) is 41.2 Å². The molecule has 2 N–H and O–H groups in total. The van der Waals surface area contributed by atoms with Gasteiger partial charge in [-0.2, -0.15) is 5.10 Å². The van der Waals surface area contributed by atoms with Crippen molar-refractivity contribution in [1.82, 2.24) is 30.0 Å². The van der Waals surface area contributed by atoms with Gasteiger partial charge in [0, 0.05) is 43.0 Å². The first-order chi connectivity index (χ1) is 17.2. The Morgan fingerprint density at radius 1 is 1.17 bits per heavy atom. The molecular formula is C28H33FN6O. The van der Waals surface area contributed by atoms with Crippen LogP contribution in [0.2, 0.25) is 0 Å². The van der Waals surface area contributed by atoms with Crippen LogP contribution < -0.4 is 5.32 Å². The summed E-state index contributed by atoms with van der Waals surface area (Å²) in [5, 5.41) is 7.16. The second-order valence-corrected chi connectivity index (χ2v) is 11.0. The summed E-state index contributed by atoms with van der Waals surface area (Å²) in [7, 11) is 1.85. The Morgan fingerprint density at radius 2 is 1.94 bits per heavy atom. The van der Waals surface area contributed by atoms with Gasteiger partial charge in [-0.25, -0.2) is 14.4 Å². The molecule has 1 aliphatic rings. The number of nitrogens with zero attached hydrogens (tertiary/aromatic N) is 4. The highest BCUT2D eigenvalue weighted by molar-refractivity contribution is 5.91. The van der Waals surface area contributed by atoms with Crippen molar-refractivity contribution < 1.29 is 9.18 Å². The number of H-pyrrole nitrogens is 1. The molecule has 5 rings (SSSR count). The molecule has 188 valence electrons. The van der Waals surface area contributed by atoms with Gasteiger partial charge in [-0.15, -0.1) is 0 Å². The summed E-state index contributed by atoms with van der Waals surface area (Å²) >= 11 is 0. The minimum atomic E-state index is -0.350. The zero-order chi connectivity index (χ0) is 25.4. The van der Waals surface area contributed by atoms with E-state index in [1.54, 1.807) is 23.1 Å². The molecule has 1 aromatic carbocycles. The van der Waals surface area contributed by atoms with E-state index >= 15 is 4.39 Å². The fraction of sp³-hybridized carbons (Fsp3) is 0.429. The minimum absolute atomic E-state index is 0.0183. The van der Waals surface area contributed by atoms with Crippen molar-refractivity contribution in [2.45, 2.75) is 53.0 Å². The van der Waals surface area contributed by atoms with E-state index in [1.807, 2.05) is 25.4 Å². The number of fused-ring (bicyclic) bond motifs is 1. The minimum Gasteiger partial charge on any atom is -0.352 e. The standard InChI is InChI=1S/C28H33FN6O/c1-28(2,3)21-9-7-17(8-10-21)27(36)31-14-19-6-5-18(13-23(19)29)22-11-12-30-26-24(22)33-25(34-26)20-15-32-35(4)16-20/h5-6,11-13,15-17,21H,7-10,14H2,1-4H3,(H,31,36)(H,30,33,34). The second kappa shape index (κ2) is 9.48. The maximum Gasteiger partial charge on any atom is 0.223 e. The Balaban J connectivity index is 1.28. The number of aryl methyl sites for hydroxylation is 1. The monoisotopic (exact) mass is 488 g/mol. The van der Waals surface area contributed by atoms with Gasteiger partial charge in [-0.05, 0) is 54.7 Å². The number of hydrogen-bond donors (Lipinski definition) is 2. The first kappa shape index (κ1) is 24.2. The molecule has 7 nitrogen and oxygen atoms in total. The van der Waals surface area contributed by atoms with Crippen molar-refractivity contribution in [2.24, 2.45) is 24.3 Å². The number of amides is 1. The quantitative estimate of drug-likeness (QED) is 0.381. The van der Waals surface area contributed by atoms with Crippen molar-refractivity contribution in [3.05, 3.63) is 54.2 Å². The van der Waals surface area contributed by atoms with Crippen molar-refractivity contribution in [2.75, 3.05) is 0 Å². The number of halogens is 1. The summed E-state index contributed by atoms with van der Waals surface area (Å²) in [6.07, 6.45) is 9.23. The van der Waals surface area contributed by atoms with Crippen LogP contribution in [0, 0.1) is 23.1 Å². The average Bonchev–Trinajstić information content (AvgIpc) is 3.48. The number of benzene rings is 1. The Kier molecular flexibility index (Phi) is 6.36. The summed E-state index contributed by atoms with van der Waals surface area (Å²) in [6, 6.07) is 6.94. The lowest BCUT2D eigenvalue weighted by molar-refractivity contribution is -0.126. The van der Waals surface area contributed by atoms with Crippen LogP contribution in [0.15, 0.2) is 42.9 Å². The smallest absolute Gasteiger partial charge is 0.223 e. The molecule has 0 saturated heterocycles. The van der Waals surface area contributed by atoms with Crippen LogP contribution in [0.5, 0.6) is 0 Å². The number of pyridine rings is 1. The summed E-state index contributed by atoms with van der Waals surface area (Å²) < 4.78 is 16.8. The number of aromatic amines is 1. The topological polar surface area (TPSA) is 88.5 Å². The van der Waals surface area contributed by atoms with Crippen LogP contribution in [-0.2, 0) is 18.4 Å². The highest BCUT2D eigenvalue weighted by Gasteiger charge is 2.32. The number of aromatic nitrogens is 5. The van der Waals surface area contributed by atoms with Gasteiger partial charge in [0.1, 0.15) is 17.2 Å². The van der Waals surface area contributed by atoms with Gasteiger partial charge in [-0.3, -0.25) is 9.48 Å². The van der Waals surface area contributed by atoms with Crippen LogP contribution in [0.3, 0.4) is 0 Å².